The van der Waals surface area contributed by atoms with Crippen LogP contribution in [0.5, 0.6) is 0 Å². The summed E-state index contributed by atoms with van der Waals surface area (Å²) in [5.41, 5.74) is 0. The predicted octanol–water partition coefficient (Wildman–Crippen LogP) is 1.34. The summed E-state index contributed by atoms with van der Waals surface area (Å²) in [5, 5.41) is 1.81. The lowest BCUT2D eigenvalue weighted by atomic mass is 10.2. The van der Waals surface area contributed by atoms with E-state index in [0.717, 1.165) is 25.8 Å². The molecule has 3 heteroatoms. The van der Waals surface area contributed by atoms with Crippen LogP contribution in [-0.2, 0) is 9.63 Å². The van der Waals surface area contributed by atoms with Crippen LogP contribution in [0.25, 0.3) is 0 Å². The monoisotopic (exact) mass is 157 g/mol. The number of carbonyl (C=O) groups excluding carboxylic acids is 1. The molecule has 1 aliphatic rings. The predicted molar refractivity (Wildman–Crippen MR) is 41.8 cm³/mol. The highest BCUT2D eigenvalue weighted by Gasteiger charge is 2.24. The molecule has 0 spiro atoms. The molecule has 0 aromatic rings. The lowest BCUT2D eigenvalue weighted by molar-refractivity contribution is -0.191. The van der Waals surface area contributed by atoms with Crippen LogP contribution in [0.15, 0.2) is 0 Å². The van der Waals surface area contributed by atoms with Crippen molar-refractivity contribution in [2.75, 3.05) is 6.54 Å². The Morgan fingerprint density at radius 2 is 2.45 bits per heavy atom. The molecule has 0 amide bonds. The molecule has 3 nitrogen and oxygen atoms in total. The number of hydrogen-bond acceptors (Lipinski definition) is 3. The van der Waals surface area contributed by atoms with Gasteiger partial charge in [0.1, 0.15) is 0 Å². The van der Waals surface area contributed by atoms with Crippen molar-refractivity contribution >= 4 is 5.97 Å². The zero-order valence-corrected chi connectivity index (χ0v) is 7.17. The first kappa shape index (κ1) is 8.53. The van der Waals surface area contributed by atoms with Crippen LogP contribution in [-0.4, -0.2) is 23.6 Å². The maximum atomic E-state index is 10.6. The number of hydrogen-bond donors (Lipinski definition) is 0. The van der Waals surface area contributed by atoms with Gasteiger partial charge in [0.2, 0.25) is 0 Å². The van der Waals surface area contributed by atoms with E-state index in [1.165, 1.54) is 6.92 Å². The quantitative estimate of drug-likeness (QED) is 0.605. The minimum Gasteiger partial charge on any atom is -0.368 e. The lowest BCUT2D eigenvalue weighted by Crippen LogP contribution is -2.30. The summed E-state index contributed by atoms with van der Waals surface area (Å²) in [6.45, 7) is 4.47. The van der Waals surface area contributed by atoms with Gasteiger partial charge < -0.3 is 4.84 Å². The van der Waals surface area contributed by atoms with Crippen LogP contribution in [0.4, 0.5) is 0 Å². The highest BCUT2D eigenvalue weighted by Crippen LogP contribution is 2.19. The number of rotatable bonds is 2. The maximum absolute atomic E-state index is 10.6. The van der Waals surface area contributed by atoms with Gasteiger partial charge in [-0.1, -0.05) is 6.92 Å². The standard InChI is InChI=1S/C8H15NO2/c1-3-8-5-4-6-9(8)11-7(2)10/h8H,3-6H2,1-2H3. The maximum Gasteiger partial charge on any atom is 0.322 e. The molecule has 0 saturated carbocycles. The highest BCUT2D eigenvalue weighted by molar-refractivity contribution is 5.65. The smallest absolute Gasteiger partial charge is 0.322 e. The van der Waals surface area contributed by atoms with Crippen LogP contribution >= 0.6 is 0 Å². The van der Waals surface area contributed by atoms with Crippen molar-refractivity contribution in [3.05, 3.63) is 0 Å². The summed E-state index contributed by atoms with van der Waals surface area (Å²) < 4.78 is 0. The molecule has 1 rings (SSSR count). The van der Waals surface area contributed by atoms with Crippen molar-refractivity contribution in [3.8, 4) is 0 Å². The van der Waals surface area contributed by atoms with Crippen LogP contribution in [0, 0.1) is 0 Å². The molecule has 0 aromatic heterocycles. The Balaban J connectivity index is 2.37. The number of carbonyl (C=O) groups is 1. The van der Waals surface area contributed by atoms with E-state index in [1.54, 1.807) is 0 Å². The Labute approximate surface area is 67.3 Å². The summed E-state index contributed by atoms with van der Waals surface area (Å²) in [4.78, 5) is 15.6. The van der Waals surface area contributed by atoms with Crippen molar-refractivity contribution < 1.29 is 9.63 Å². The van der Waals surface area contributed by atoms with Gasteiger partial charge in [0.15, 0.2) is 0 Å². The lowest BCUT2D eigenvalue weighted by Gasteiger charge is -2.20. The zero-order chi connectivity index (χ0) is 8.27. The van der Waals surface area contributed by atoms with Crippen LogP contribution in [0.3, 0.4) is 0 Å². The molecule has 1 heterocycles. The van der Waals surface area contributed by atoms with E-state index in [9.17, 15) is 4.79 Å². The summed E-state index contributed by atoms with van der Waals surface area (Å²) in [6.07, 6.45) is 3.36. The van der Waals surface area contributed by atoms with Crippen LogP contribution in [0.2, 0.25) is 0 Å². The first-order valence-corrected chi connectivity index (χ1v) is 4.19. The van der Waals surface area contributed by atoms with Crippen molar-refractivity contribution in [1.29, 1.82) is 0 Å². The minimum atomic E-state index is -0.203. The summed E-state index contributed by atoms with van der Waals surface area (Å²) in [6, 6.07) is 0.457. The fourth-order valence-corrected chi connectivity index (χ4v) is 1.50. The van der Waals surface area contributed by atoms with Gasteiger partial charge in [0, 0.05) is 19.5 Å². The highest BCUT2D eigenvalue weighted by atomic mass is 16.7. The van der Waals surface area contributed by atoms with Crippen molar-refractivity contribution in [3.63, 3.8) is 0 Å². The molecule has 11 heavy (non-hydrogen) atoms. The van der Waals surface area contributed by atoms with E-state index < -0.39 is 0 Å². The average molecular weight is 157 g/mol. The Hall–Kier alpha value is -0.570. The van der Waals surface area contributed by atoms with E-state index >= 15 is 0 Å². The van der Waals surface area contributed by atoms with E-state index in [2.05, 4.69) is 6.92 Å². The van der Waals surface area contributed by atoms with Gasteiger partial charge in [-0.3, -0.25) is 4.79 Å². The second-order valence-corrected chi connectivity index (χ2v) is 2.93. The second-order valence-electron chi connectivity index (χ2n) is 2.93. The molecule has 0 radical (unpaired) electrons. The van der Waals surface area contributed by atoms with Crippen LogP contribution < -0.4 is 0 Å². The van der Waals surface area contributed by atoms with E-state index in [1.807, 2.05) is 5.06 Å². The van der Waals surface area contributed by atoms with Gasteiger partial charge in [0.25, 0.3) is 0 Å². The molecule has 1 aliphatic heterocycles. The molecule has 1 atom stereocenters. The SMILES string of the molecule is CCC1CCCN1OC(C)=O. The molecule has 0 N–H and O–H groups in total. The van der Waals surface area contributed by atoms with E-state index in [0.29, 0.717) is 6.04 Å². The molecule has 0 bridgehead atoms. The zero-order valence-electron chi connectivity index (χ0n) is 7.17. The third kappa shape index (κ3) is 2.19. The molecule has 0 aliphatic carbocycles. The van der Waals surface area contributed by atoms with Crippen molar-refractivity contribution in [1.82, 2.24) is 5.06 Å². The summed E-state index contributed by atoms with van der Waals surface area (Å²) >= 11 is 0. The molecule has 0 aromatic carbocycles. The molecular weight excluding hydrogens is 142 g/mol. The Morgan fingerprint density at radius 1 is 1.73 bits per heavy atom. The topological polar surface area (TPSA) is 29.5 Å². The molecule has 1 unspecified atom stereocenters. The van der Waals surface area contributed by atoms with E-state index in [4.69, 9.17) is 4.84 Å². The van der Waals surface area contributed by atoms with Gasteiger partial charge in [-0.2, -0.15) is 0 Å². The number of hydroxylamine groups is 2. The van der Waals surface area contributed by atoms with Crippen LogP contribution in [0.1, 0.15) is 33.1 Å². The van der Waals surface area contributed by atoms with Crippen molar-refractivity contribution in [2.45, 2.75) is 39.2 Å². The molecule has 1 saturated heterocycles. The van der Waals surface area contributed by atoms with Gasteiger partial charge in [-0.05, 0) is 19.3 Å². The first-order valence-electron chi connectivity index (χ1n) is 4.19. The van der Waals surface area contributed by atoms with Crippen molar-refractivity contribution in [2.24, 2.45) is 0 Å². The Kier molecular flexibility index (Phi) is 2.88. The fourth-order valence-electron chi connectivity index (χ4n) is 1.50. The third-order valence-corrected chi connectivity index (χ3v) is 2.04. The minimum absolute atomic E-state index is 0.203. The largest absolute Gasteiger partial charge is 0.368 e. The Bertz CT molecular complexity index is 147. The second kappa shape index (κ2) is 3.72. The van der Waals surface area contributed by atoms with Gasteiger partial charge in [0.05, 0.1) is 0 Å². The molecular formula is C8H15NO2. The first-order chi connectivity index (χ1) is 5.24. The van der Waals surface area contributed by atoms with Gasteiger partial charge in [-0.25, -0.2) is 0 Å². The average Bonchev–Trinajstić information content (AvgIpc) is 2.34. The van der Waals surface area contributed by atoms with Gasteiger partial charge in [-0.15, -0.1) is 5.06 Å². The third-order valence-electron chi connectivity index (χ3n) is 2.04. The summed E-state index contributed by atoms with van der Waals surface area (Å²) in [7, 11) is 0. The normalized spacial score (nSPS) is 25.5. The molecule has 1 fully saturated rings. The Morgan fingerprint density at radius 3 is 3.00 bits per heavy atom. The summed E-state index contributed by atoms with van der Waals surface area (Å²) in [5.74, 6) is -0.203. The van der Waals surface area contributed by atoms with E-state index in [-0.39, 0.29) is 5.97 Å². The molecule has 64 valence electrons. The number of nitrogens with zero attached hydrogens (tertiary/aromatic N) is 1. The van der Waals surface area contributed by atoms with Gasteiger partial charge >= 0.3 is 5.97 Å². The fraction of sp³-hybridized carbons (Fsp3) is 0.875.